The van der Waals surface area contributed by atoms with Crippen LogP contribution in [0.4, 0.5) is 10.2 Å². The second kappa shape index (κ2) is 11.9. The Morgan fingerprint density at radius 1 is 1.07 bits per heavy atom. The van der Waals surface area contributed by atoms with E-state index in [1.54, 1.807) is 18.3 Å². The van der Waals surface area contributed by atoms with Crippen LogP contribution in [0.1, 0.15) is 29.9 Å². The number of nitrogens with zero attached hydrogens (tertiary/aromatic N) is 4. The molecule has 1 amide bonds. The highest BCUT2D eigenvalue weighted by atomic mass is 32.2. The number of morpholine rings is 1. The quantitative estimate of drug-likeness (QED) is 0.323. The van der Waals surface area contributed by atoms with Crippen LogP contribution in [-0.2, 0) is 21.1 Å². The number of benzene rings is 1. The second-order valence-electron chi connectivity index (χ2n) is 10.0. The van der Waals surface area contributed by atoms with E-state index in [1.165, 1.54) is 36.4 Å². The number of amides is 1. The molecule has 1 aromatic carbocycles. The molecule has 12 heteroatoms. The van der Waals surface area contributed by atoms with Gasteiger partial charge in [-0.15, -0.1) is 0 Å². The molecule has 4 aromatic rings. The first-order valence-corrected chi connectivity index (χ1v) is 14.8. The molecular weight excluding hydrogens is 549 g/mol. The van der Waals surface area contributed by atoms with Gasteiger partial charge in [0.1, 0.15) is 11.6 Å². The van der Waals surface area contributed by atoms with Crippen molar-refractivity contribution < 1.29 is 27.4 Å². The monoisotopic (exact) mass is 579 g/mol. The molecule has 0 saturated carbocycles. The maximum Gasteiger partial charge on any atom is 0.251 e. The maximum atomic E-state index is 14.7. The number of sulfone groups is 1. The lowest BCUT2D eigenvalue weighted by Crippen LogP contribution is -2.45. The number of pyridine rings is 3. The zero-order valence-corrected chi connectivity index (χ0v) is 23.4. The summed E-state index contributed by atoms with van der Waals surface area (Å²) in [7, 11) is -3.69. The number of anilines is 1. The van der Waals surface area contributed by atoms with Crippen LogP contribution in [0.5, 0.6) is 0 Å². The summed E-state index contributed by atoms with van der Waals surface area (Å²) >= 11 is 0. The van der Waals surface area contributed by atoms with Crippen molar-refractivity contribution in [3.8, 4) is 11.4 Å². The summed E-state index contributed by atoms with van der Waals surface area (Å²) in [5.74, 6) is -0.787. The Hall–Kier alpha value is -4.00. The highest BCUT2D eigenvalue weighted by molar-refractivity contribution is 7.91. The summed E-state index contributed by atoms with van der Waals surface area (Å²) in [4.78, 5) is 28.5. The number of carbonyl (C=O) groups excluding carboxylic acids is 1. The van der Waals surface area contributed by atoms with Crippen molar-refractivity contribution in [1.82, 2.24) is 20.3 Å². The van der Waals surface area contributed by atoms with E-state index in [2.05, 4.69) is 10.3 Å². The minimum Gasteiger partial charge on any atom is -0.395 e. The van der Waals surface area contributed by atoms with Crippen LogP contribution in [0.25, 0.3) is 22.3 Å². The summed E-state index contributed by atoms with van der Waals surface area (Å²) in [6, 6.07) is 13.7. The van der Waals surface area contributed by atoms with Gasteiger partial charge in [-0.25, -0.2) is 22.8 Å². The Labute approximate surface area is 237 Å². The fourth-order valence-corrected chi connectivity index (χ4v) is 5.85. The first-order chi connectivity index (χ1) is 19.6. The van der Waals surface area contributed by atoms with E-state index < -0.39 is 33.9 Å². The number of carbonyl (C=O) groups is 1. The molecule has 1 saturated heterocycles. The molecule has 1 aliphatic rings. The third kappa shape index (κ3) is 6.67. The molecule has 2 N–H and O–H groups in total. The average molecular weight is 580 g/mol. The standard InChI is InChI=1S/C29H30FN5O5S/c1-18-16-35(17-19(2)40-18)28-12-22(30)11-27(34-28)25-7-6-21-14-31-23(13-26(21)33-25)15-32-29(37)20-4-3-5-24(10-20)41(38,39)9-8-36/h3-7,10-14,18-19,36H,8-9,15-17H2,1-2H3,(H,32,37)/t18-,19+. The van der Waals surface area contributed by atoms with Gasteiger partial charge in [-0.1, -0.05) is 6.07 Å². The van der Waals surface area contributed by atoms with Gasteiger partial charge in [0.25, 0.3) is 5.91 Å². The van der Waals surface area contributed by atoms with Crippen LogP contribution in [-0.4, -0.2) is 72.0 Å². The second-order valence-corrected chi connectivity index (χ2v) is 12.1. The first-order valence-electron chi connectivity index (χ1n) is 13.2. The van der Waals surface area contributed by atoms with Crippen molar-refractivity contribution in [1.29, 1.82) is 0 Å². The molecule has 41 heavy (non-hydrogen) atoms. The van der Waals surface area contributed by atoms with Gasteiger partial charge >= 0.3 is 0 Å². The normalized spacial score (nSPS) is 17.5. The van der Waals surface area contributed by atoms with Crippen molar-refractivity contribution >= 4 is 32.5 Å². The van der Waals surface area contributed by atoms with Crippen LogP contribution in [0.3, 0.4) is 0 Å². The SMILES string of the molecule is C[C@@H]1CN(c2cc(F)cc(-c3ccc4cnc(CNC(=O)c5cccc(S(=O)(=O)CCO)c5)cc4n3)n2)C[C@H](C)O1. The van der Waals surface area contributed by atoms with E-state index >= 15 is 0 Å². The van der Waals surface area contributed by atoms with Gasteiger partial charge in [0.2, 0.25) is 0 Å². The zero-order valence-electron chi connectivity index (χ0n) is 22.6. The van der Waals surface area contributed by atoms with Gasteiger partial charge in [0.15, 0.2) is 9.84 Å². The molecule has 1 aliphatic heterocycles. The molecule has 0 unspecified atom stereocenters. The maximum absolute atomic E-state index is 14.7. The van der Waals surface area contributed by atoms with Gasteiger partial charge in [0.05, 0.1) is 58.6 Å². The van der Waals surface area contributed by atoms with Gasteiger partial charge in [-0.2, -0.15) is 0 Å². The Balaban J connectivity index is 1.34. The van der Waals surface area contributed by atoms with Gasteiger partial charge in [-0.05, 0) is 50.2 Å². The number of rotatable bonds is 8. The van der Waals surface area contributed by atoms with Crippen LogP contribution in [0.15, 0.2) is 65.7 Å². The summed E-state index contributed by atoms with van der Waals surface area (Å²) < 4.78 is 44.9. The third-order valence-electron chi connectivity index (χ3n) is 6.66. The fourth-order valence-electron chi connectivity index (χ4n) is 4.78. The number of hydrogen-bond acceptors (Lipinski definition) is 9. The topological polar surface area (TPSA) is 135 Å². The first kappa shape index (κ1) is 28.5. The summed E-state index contributed by atoms with van der Waals surface area (Å²) in [5, 5.41) is 12.5. The number of nitrogens with one attached hydrogen (secondary N) is 1. The minimum absolute atomic E-state index is 0.000663. The highest BCUT2D eigenvalue weighted by Crippen LogP contribution is 2.26. The molecular formula is C29H30FN5O5S. The van der Waals surface area contributed by atoms with Crippen molar-refractivity contribution in [2.24, 2.45) is 0 Å². The predicted octanol–water partition coefficient (Wildman–Crippen LogP) is 3.14. The van der Waals surface area contributed by atoms with Crippen molar-refractivity contribution in [3.05, 3.63) is 77.9 Å². The summed E-state index contributed by atoms with van der Waals surface area (Å²) in [6.45, 7) is 4.73. The van der Waals surface area contributed by atoms with E-state index in [9.17, 15) is 17.6 Å². The summed E-state index contributed by atoms with van der Waals surface area (Å²) in [6.07, 6.45) is 1.64. The number of aliphatic hydroxyl groups excluding tert-OH is 1. The number of aromatic nitrogens is 3. The molecule has 2 atom stereocenters. The number of fused-ring (bicyclic) bond motifs is 1. The van der Waals surface area contributed by atoms with Crippen LogP contribution < -0.4 is 10.2 Å². The molecule has 4 heterocycles. The smallest absolute Gasteiger partial charge is 0.251 e. The molecule has 0 radical (unpaired) electrons. The van der Waals surface area contributed by atoms with Crippen molar-refractivity contribution in [2.75, 3.05) is 30.3 Å². The van der Waals surface area contributed by atoms with Gasteiger partial charge < -0.3 is 20.1 Å². The predicted molar refractivity (Wildman–Crippen MR) is 152 cm³/mol. The van der Waals surface area contributed by atoms with Crippen LogP contribution in [0, 0.1) is 5.82 Å². The number of ether oxygens (including phenoxy) is 1. The van der Waals surface area contributed by atoms with Gasteiger partial charge in [0, 0.05) is 42.4 Å². The Bertz CT molecular complexity index is 1690. The molecule has 3 aromatic heterocycles. The Kier molecular flexibility index (Phi) is 8.25. The lowest BCUT2D eigenvalue weighted by molar-refractivity contribution is -0.00547. The van der Waals surface area contributed by atoms with Gasteiger partial charge in [-0.3, -0.25) is 9.78 Å². The molecule has 0 aliphatic carbocycles. The summed E-state index contributed by atoms with van der Waals surface area (Å²) in [5.41, 5.74) is 2.19. The Morgan fingerprint density at radius 2 is 1.85 bits per heavy atom. The molecule has 214 valence electrons. The van der Waals surface area contributed by atoms with Crippen LogP contribution in [0.2, 0.25) is 0 Å². The molecule has 0 bridgehead atoms. The van der Waals surface area contributed by atoms with E-state index in [4.69, 9.17) is 19.8 Å². The van der Waals surface area contributed by atoms with E-state index in [1.807, 2.05) is 24.8 Å². The lowest BCUT2D eigenvalue weighted by Gasteiger charge is -2.36. The highest BCUT2D eigenvalue weighted by Gasteiger charge is 2.24. The Morgan fingerprint density at radius 3 is 2.61 bits per heavy atom. The van der Waals surface area contributed by atoms with E-state index in [-0.39, 0.29) is 29.2 Å². The molecule has 5 rings (SSSR count). The number of halogens is 1. The fraction of sp³-hybridized carbons (Fsp3) is 0.310. The third-order valence-corrected chi connectivity index (χ3v) is 8.35. The number of aliphatic hydroxyl groups is 1. The zero-order chi connectivity index (χ0) is 29.1. The van der Waals surface area contributed by atoms with Crippen molar-refractivity contribution in [2.45, 2.75) is 37.5 Å². The lowest BCUT2D eigenvalue weighted by atomic mass is 10.1. The molecule has 0 spiro atoms. The largest absolute Gasteiger partial charge is 0.395 e. The van der Waals surface area contributed by atoms with Crippen molar-refractivity contribution in [3.63, 3.8) is 0 Å². The molecule has 10 nitrogen and oxygen atoms in total. The van der Waals surface area contributed by atoms with E-state index in [0.29, 0.717) is 41.5 Å². The molecule has 1 fully saturated rings. The van der Waals surface area contributed by atoms with Crippen LogP contribution >= 0.6 is 0 Å². The minimum atomic E-state index is -3.69. The van der Waals surface area contributed by atoms with E-state index in [0.717, 1.165) is 5.39 Å². The number of hydrogen-bond donors (Lipinski definition) is 2. The average Bonchev–Trinajstić information content (AvgIpc) is 2.94.